The standard InChI is InChI=1S/C34H31N3O6S2/c1-5-42-32(40)23-16-24(33(41)43-6-2)18-25(17-23)35-27(38)19-44-34-36-30-29(31(39)37(34)26-10-8-7-9-11-26)28(21(4)45-30)22-14-12-20(3)13-15-22/h7-18H,5-6,19H2,1-4H3,(H,35,38). The number of amides is 1. The number of thioether (sulfide) groups is 1. The first kappa shape index (κ1) is 31.7. The van der Waals surface area contributed by atoms with Gasteiger partial charge in [0.25, 0.3) is 5.56 Å². The van der Waals surface area contributed by atoms with E-state index in [1.54, 1.807) is 13.8 Å². The number of esters is 2. The van der Waals surface area contributed by atoms with Crippen LogP contribution in [0.1, 0.15) is 45.0 Å². The molecule has 0 saturated carbocycles. The number of aryl methyl sites for hydroxylation is 2. The van der Waals surface area contributed by atoms with Crippen LogP contribution in [0, 0.1) is 13.8 Å². The number of nitrogens with one attached hydrogen (secondary N) is 1. The van der Waals surface area contributed by atoms with Crippen molar-refractivity contribution < 1.29 is 23.9 Å². The fraction of sp³-hybridized carbons (Fsp3) is 0.206. The summed E-state index contributed by atoms with van der Waals surface area (Å²) in [4.78, 5) is 58.7. The highest BCUT2D eigenvalue weighted by atomic mass is 32.2. The summed E-state index contributed by atoms with van der Waals surface area (Å²) in [6, 6.07) is 21.5. The molecule has 11 heteroatoms. The number of thiophene rings is 1. The first-order valence-electron chi connectivity index (χ1n) is 14.3. The highest BCUT2D eigenvalue weighted by Gasteiger charge is 2.22. The van der Waals surface area contributed by atoms with E-state index in [0.717, 1.165) is 33.3 Å². The number of nitrogens with zero attached hydrogens (tertiary/aromatic N) is 2. The van der Waals surface area contributed by atoms with Crippen molar-refractivity contribution in [2.45, 2.75) is 32.9 Å². The summed E-state index contributed by atoms with van der Waals surface area (Å²) in [5.74, 6) is -1.78. The van der Waals surface area contributed by atoms with E-state index in [9.17, 15) is 19.2 Å². The molecule has 0 unspecified atom stereocenters. The lowest BCUT2D eigenvalue weighted by molar-refractivity contribution is -0.113. The Hall–Kier alpha value is -4.74. The number of aromatic nitrogens is 2. The highest BCUT2D eigenvalue weighted by Crippen LogP contribution is 2.37. The molecule has 2 heterocycles. The van der Waals surface area contributed by atoms with E-state index in [1.165, 1.54) is 34.1 Å². The molecule has 3 aromatic carbocycles. The average molecular weight is 642 g/mol. The molecule has 5 aromatic rings. The van der Waals surface area contributed by atoms with Gasteiger partial charge in [-0.1, -0.05) is 59.8 Å². The van der Waals surface area contributed by atoms with E-state index < -0.39 is 17.8 Å². The lowest BCUT2D eigenvalue weighted by atomic mass is 10.0. The molecule has 0 bridgehead atoms. The Labute approximate surface area is 268 Å². The van der Waals surface area contributed by atoms with Gasteiger partial charge in [-0.05, 0) is 63.6 Å². The van der Waals surface area contributed by atoms with E-state index >= 15 is 0 Å². The molecule has 0 radical (unpaired) electrons. The second-order valence-corrected chi connectivity index (χ2v) is 12.2. The molecule has 45 heavy (non-hydrogen) atoms. The Kier molecular flexibility index (Phi) is 9.80. The summed E-state index contributed by atoms with van der Waals surface area (Å²) in [6.45, 7) is 7.64. The number of anilines is 1. The summed E-state index contributed by atoms with van der Waals surface area (Å²) in [5, 5.41) is 3.64. The van der Waals surface area contributed by atoms with E-state index in [2.05, 4.69) is 5.32 Å². The van der Waals surface area contributed by atoms with Crippen molar-refractivity contribution in [3.05, 3.63) is 105 Å². The van der Waals surface area contributed by atoms with Crippen molar-refractivity contribution >= 4 is 56.8 Å². The van der Waals surface area contributed by atoms with Crippen LogP contribution in [0.2, 0.25) is 0 Å². The Morgan fingerprint density at radius 2 is 1.51 bits per heavy atom. The van der Waals surface area contributed by atoms with Crippen molar-refractivity contribution in [1.29, 1.82) is 0 Å². The molecule has 0 saturated heterocycles. The first-order valence-corrected chi connectivity index (χ1v) is 16.1. The van der Waals surface area contributed by atoms with Crippen molar-refractivity contribution in [3.63, 3.8) is 0 Å². The predicted molar refractivity (Wildman–Crippen MR) is 178 cm³/mol. The molecule has 0 atom stereocenters. The zero-order valence-corrected chi connectivity index (χ0v) is 26.8. The molecule has 230 valence electrons. The van der Waals surface area contributed by atoms with Gasteiger partial charge < -0.3 is 14.8 Å². The summed E-state index contributed by atoms with van der Waals surface area (Å²) in [5.41, 5.74) is 3.75. The summed E-state index contributed by atoms with van der Waals surface area (Å²) in [6.07, 6.45) is 0. The Morgan fingerprint density at radius 1 is 0.889 bits per heavy atom. The topological polar surface area (TPSA) is 117 Å². The maximum absolute atomic E-state index is 14.2. The van der Waals surface area contributed by atoms with Crippen LogP contribution in [0.5, 0.6) is 0 Å². The van der Waals surface area contributed by atoms with Crippen molar-refractivity contribution in [2.75, 3.05) is 24.3 Å². The van der Waals surface area contributed by atoms with Gasteiger partial charge in [0.2, 0.25) is 5.91 Å². The number of rotatable bonds is 10. The number of benzene rings is 3. The Morgan fingerprint density at radius 3 is 2.11 bits per heavy atom. The number of carbonyl (C=O) groups excluding carboxylic acids is 3. The number of ether oxygens (including phenoxy) is 2. The van der Waals surface area contributed by atoms with Gasteiger partial charge >= 0.3 is 11.9 Å². The number of hydrogen-bond acceptors (Lipinski definition) is 9. The maximum Gasteiger partial charge on any atom is 0.338 e. The fourth-order valence-electron chi connectivity index (χ4n) is 4.80. The van der Waals surface area contributed by atoms with Gasteiger partial charge in [0.05, 0.1) is 41.2 Å². The molecule has 1 N–H and O–H groups in total. The quantitative estimate of drug-likeness (QED) is 0.100. The van der Waals surface area contributed by atoms with Gasteiger partial charge in [-0.3, -0.25) is 14.2 Å². The van der Waals surface area contributed by atoms with Crippen LogP contribution in [0.4, 0.5) is 5.69 Å². The summed E-state index contributed by atoms with van der Waals surface area (Å²) >= 11 is 2.55. The van der Waals surface area contributed by atoms with Gasteiger partial charge in [0.1, 0.15) is 4.83 Å². The van der Waals surface area contributed by atoms with Crippen molar-refractivity contribution in [3.8, 4) is 16.8 Å². The average Bonchev–Trinajstić information content (AvgIpc) is 3.36. The van der Waals surface area contributed by atoms with Gasteiger partial charge in [-0.25, -0.2) is 14.6 Å². The van der Waals surface area contributed by atoms with E-state index in [-0.39, 0.29) is 41.3 Å². The third-order valence-corrected chi connectivity index (χ3v) is 8.73. The molecule has 0 aliphatic carbocycles. The number of fused-ring (bicyclic) bond motifs is 1. The van der Waals surface area contributed by atoms with Crippen LogP contribution in [0.25, 0.3) is 27.0 Å². The van der Waals surface area contributed by atoms with Crippen molar-refractivity contribution in [2.24, 2.45) is 0 Å². The molecule has 0 aliphatic rings. The molecule has 2 aromatic heterocycles. The molecule has 5 rings (SSSR count). The molecule has 1 amide bonds. The normalized spacial score (nSPS) is 10.9. The van der Waals surface area contributed by atoms with Crippen LogP contribution in [0.15, 0.2) is 82.7 Å². The SMILES string of the molecule is CCOC(=O)c1cc(NC(=O)CSc2nc3sc(C)c(-c4ccc(C)cc4)c3c(=O)n2-c2ccccc2)cc(C(=O)OCC)c1. The smallest absolute Gasteiger partial charge is 0.338 e. The molecular weight excluding hydrogens is 611 g/mol. The number of para-hydroxylation sites is 1. The Bertz CT molecular complexity index is 1910. The van der Waals surface area contributed by atoms with Crippen LogP contribution < -0.4 is 10.9 Å². The summed E-state index contributed by atoms with van der Waals surface area (Å²) < 4.78 is 11.7. The lowest BCUT2D eigenvalue weighted by Crippen LogP contribution is -2.23. The van der Waals surface area contributed by atoms with Crippen LogP contribution >= 0.6 is 23.1 Å². The van der Waals surface area contributed by atoms with Crippen LogP contribution in [-0.4, -0.2) is 46.4 Å². The molecule has 0 fully saturated rings. The zero-order chi connectivity index (χ0) is 32.1. The minimum Gasteiger partial charge on any atom is -0.462 e. The zero-order valence-electron chi connectivity index (χ0n) is 25.2. The number of carbonyl (C=O) groups is 3. The third kappa shape index (κ3) is 7.00. The second-order valence-electron chi connectivity index (χ2n) is 10.0. The lowest BCUT2D eigenvalue weighted by Gasteiger charge is -2.13. The monoisotopic (exact) mass is 641 g/mol. The van der Waals surface area contributed by atoms with Crippen LogP contribution in [-0.2, 0) is 14.3 Å². The van der Waals surface area contributed by atoms with Gasteiger partial charge in [0.15, 0.2) is 5.16 Å². The van der Waals surface area contributed by atoms with Crippen LogP contribution in [0.3, 0.4) is 0 Å². The second kappa shape index (κ2) is 13.9. The predicted octanol–water partition coefficient (Wildman–Crippen LogP) is 6.82. The van der Waals surface area contributed by atoms with E-state index in [4.69, 9.17) is 14.5 Å². The van der Waals surface area contributed by atoms with Gasteiger partial charge in [0, 0.05) is 16.1 Å². The van der Waals surface area contributed by atoms with E-state index in [0.29, 0.717) is 21.1 Å². The minimum absolute atomic E-state index is 0.0989. The largest absolute Gasteiger partial charge is 0.462 e. The Balaban J connectivity index is 1.49. The maximum atomic E-state index is 14.2. The van der Waals surface area contributed by atoms with Gasteiger partial charge in [-0.15, -0.1) is 11.3 Å². The molecule has 0 spiro atoms. The molecule has 0 aliphatic heterocycles. The number of hydrogen-bond donors (Lipinski definition) is 1. The van der Waals surface area contributed by atoms with Crippen molar-refractivity contribution in [1.82, 2.24) is 9.55 Å². The highest BCUT2D eigenvalue weighted by molar-refractivity contribution is 7.99. The summed E-state index contributed by atoms with van der Waals surface area (Å²) in [7, 11) is 0. The first-order chi connectivity index (χ1) is 21.7. The fourth-order valence-corrected chi connectivity index (χ4v) is 6.70. The third-order valence-electron chi connectivity index (χ3n) is 6.80. The van der Waals surface area contributed by atoms with Gasteiger partial charge in [-0.2, -0.15) is 0 Å². The molecular formula is C34H31N3O6S2. The minimum atomic E-state index is -0.630. The van der Waals surface area contributed by atoms with E-state index in [1.807, 2.05) is 68.4 Å². The molecule has 9 nitrogen and oxygen atoms in total.